The number of benzene rings is 2. The third-order valence-electron chi connectivity index (χ3n) is 2.82. The van der Waals surface area contributed by atoms with Crippen LogP contribution in [0.15, 0.2) is 45.3 Å². The summed E-state index contributed by atoms with van der Waals surface area (Å²) in [7, 11) is 0. The van der Waals surface area contributed by atoms with Gasteiger partial charge in [-0.15, -0.1) is 0 Å². The van der Waals surface area contributed by atoms with E-state index in [1.807, 2.05) is 38.1 Å². The Morgan fingerprint density at radius 3 is 2.21 bits per heavy atom. The number of aryl methyl sites for hydroxylation is 2. The van der Waals surface area contributed by atoms with E-state index in [1.165, 1.54) is 0 Å². The molecule has 0 bridgehead atoms. The Hall–Kier alpha value is -1.13. The van der Waals surface area contributed by atoms with Crippen LogP contribution in [-0.4, -0.2) is 5.91 Å². The monoisotopic (exact) mass is 381 g/mol. The molecule has 0 aliphatic rings. The maximum absolute atomic E-state index is 12.2. The van der Waals surface area contributed by atoms with Crippen molar-refractivity contribution in [3.8, 4) is 0 Å². The van der Waals surface area contributed by atoms with Gasteiger partial charge in [0.05, 0.1) is 0 Å². The Morgan fingerprint density at radius 1 is 1.00 bits per heavy atom. The molecule has 1 amide bonds. The first-order valence-corrected chi connectivity index (χ1v) is 7.39. The second-order valence-electron chi connectivity index (χ2n) is 4.38. The van der Waals surface area contributed by atoms with Gasteiger partial charge in [-0.05, 0) is 55.3 Å². The third-order valence-corrected chi connectivity index (χ3v) is 3.77. The first-order valence-electron chi connectivity index (χ1n) is 5.81. The molecule has 0 heterocycles. The van der Waals surface area contributed by atoms with E-state index >= 15 is 0 Å². The lowest BCUT2D eigenvalue weighted by atomic mass is 10.1. The molecule has 4 heteroatoms. The molecule has 2 aromatic carbocycles. The Labute approximate surface area is 129 Å². The van der Waals surface area contributed by atoms with Crippen LogP contribution in [0.5, 0.6) is 0 Å². The maximum Gasteiger partial charge on any atom is 0.255 e. The van der Waals surface area contributed by atoms with Gasteiger partial charge in [0.1, 0.15) is 0 Å². The van der Waals surface area contributed by atoms with Crippen LogP contribution in [0.25, 0.3) is 0 Å². The van der Waals surface area contributed by atoms with Crippen LogP contribution in [-0.2, 0) is 0 Å². The molecule has 1 N–H and O–H groups in total. The van der Waals surface area contributed by atoms with Gasteiger partial charge in [0.15, 0.2) is 0 Å². The molecule has 0 aromatic heterocycles. The van der Waals surface area contributed by atoms with Gasteiger partial charge in [0.25, 0.3) is 5.91 Å². The van der Waals surface area contributed by atoms with Crippen molar-refractivity contribution in [2.45, 2.75) is 13.8 Å². The molecule has 0 aliphatic heterocycles. The number of anilines is 1. The van der Waals surface area contributed by atoms with E-state index in [0.717, 1.165) is 25.8 Å². The number of carbonyl (C=O) groups is 1. The van der Waals surface area contributed by atoms with Crippen LogP contribution in [0.4, 0.5) is 5.69 Å². The molecule has 0 fully saturated rings. The number of hydrogen-bond donors (Lipinski definition) is 1. The average Bonchev–Trinajstić information content (AvgIpc) is 2.33. The van der Waals surface area contributed by atoms with Gasteiger partial charge >= 0.3 is 0 Å². The molecular weight excluding hydrogens is 370 g/mol. The Kier molecular flexibility index (Phi) is 4.42. The molecule has 0 saturated carbocycles. The van der Waals surface area contributed by atoms with Crippen LogP contribution in [0.3, 0.4) is 0 Å². The van der Waals surface area contributed by atoms with Gasteiger partial charge in [-0.2, -0.15) is 0 Å². The van der Waals surface area contributed by atoms with Crippen LogP contribution in [0.2, 0.25) is 0 Å². The van der Waals surface area contributed by atoms with E-state index in [9.17, 15) is 4.79 Å². The van der Waals surface area contributed by atoms with Crippen molar-refractivity contribution < 1.29 is 4.79 Å². The highest BCUT2D eigenvalue weighted by molar-refractivity contribution is 9.10. The molecule has 0 unspecified atom stereocenters. The Morgan fingerprint density at radius 2 is 1.63 bits per heavy atom. The normalized spacial score (nSPS) is 10.3. The summed E-state index contributed by atoms with van der Waals surface area (Å²) >= 11 is 6.82. The summed E-state index contributed by atoms with van der Waals surface area (Å²) < 4.78 is 1.91. The van der Waals surface area contributed by atoms with Crippen LogP contribution >= 0.6 is 31.9 Å². The lowest BCUT2D eigenvalue weighted by Crippen LogP contribution is -2.13. The fourth-order valence-electron chi connectivity index (χ4n) is 1.92. The minimum absolute atomic E-state index is 0.102. The van der Waals surface area contributed by atoms with Crippen LogP contribution in [0.1, 0.15) is 21.5 Å². The van der Waals surface area contributed by atoms with Gasteiger partial charge in [0.2, 0.25) is 0 Å². The molecule has 0 saturated heterocycles. The zero-order valence-corrected chi connectivity index (χ0v) is 13.8. The van der Waals surface area contributed by atoms with Crippen LogP contribution in [0, 0.1) is 13.8 Å². The first kappa shape index (κ1) is 14.3. The average molecular weight is 383 g/mol. The number of nitrogens with one attached hydrogen (secondary N) is 1. The molecule has 0 radical (unpaired) electrons. The number of carbonyl (C=O) groups excluding carboxylic acids is 1. The highest BCUT2D eigenvalue weighted by Crippen LogP contribution is 2.25. The lowest BCUT2D eigenvalue weighted by molar-refractivity contribution is 0.102. The summed E-state index contributed by atoms with van der Waals surface area (Å²) in [5.41, 5.74) is 3.58. The van der Waals surface area contributed by atoms with Crippen molar-refractivity contribution in [3.05, 3.63) is 62.0 Å². The van der Waals surface area contributed by atoms with Crippen molar-refractivity contribution in [3.63, 3.8) is 0 Å². The fraction of sp³-hybridized carbons (Fsp3) is 0.133. The lowest BCUT2D eigenvalue weighted by Gasteiger charge is -2.12. The van der Waals surface area contributed by atoms with E-state index in [4.69, 9.17) is 0 Å². The number of halogens is 2. The van der Waals surface area contributed by atoms with E-state index in [1.54, 1.807) is 12.1 Å². The summed E-state index contributed by atoms with van der Waals surface area (Å²) in [6.07, 6.45) is 0. The molecule has 0 spiro atoms. The smallest absolute Gasteiger partial charge is 0.255 e. The van der Waals surface area contributed by atoms with Crippen molar-refractivity contribution in [1.29, 1.82) is 0 Å². The maximum atomic E-state index is 12.2. The van der Waals surface area contributed by atoms with Crippen molar-refractivity contribution in [2.75, 3.05) is 5.32 Å². The van der Waals surface area contributed by atoms with Crippen molar-refractivity contribution in [2.24, 2.45) is 0 Å². The predicted molar refractivity (Wildman–Crippen MR) is 85.7 cm³/mol. The molecule has 98 valence electrons. The van der Waals surface area contributed by atoms with Gasteiger partial charge in [-0.3, -0.25) is 4.79 Å². The molecule has 2 rings (SSSR count). The third kappa shape index (κ3) is 3.45. The van der Waals surface area contributed by atoms with E-state index in [2.05, 4.69) is 37.2 Å². The summed E-state index contributed by atoms with van der Waals surface area (Å²) in [4.78, 5) is 12.2. The number of amides is 1. The summed E-state index contributed by atoms with van der Waals surface area (Å²) in [6, 6.07) is 11.3. The second kappa shape index (κ2) is 5.88. The Bertz CT molecular complexity index is 615. The zero-order chi connectivity index (χ0) is 14.0. The van der Waals surface area contributed by atoms with Gasteiger partial charge in [0, 0.05) is 20.2 Å². The van der Waals surface area contributed by atoms with Gasteiger partial charge in [-0.1, -0.05) is 37.9 Å². The highest BCUT2D eigenvalue weighted by Gasteiger charge is 2.10. The standard InChI is InChI=1S/C15H13Br2NO/c1-9-6-13(17)7-10(2)14(9)18-15(19)11-4-3-5-12(16)8-11/h3-8H,1-2H3,(H,18,19). The summed E-state index contributed by atoms with van der Waals surface area (Å²) in [6.45, 7) is 3.96. The topological polar surface area (TPSA) is 29.1 Å². The molecule has 19 heavy (non-hydrogen) atoms. The SMILES string of the molecule is Cc1cc(Br)cc(C)c1NC(=O)c1cccc(Br)c1. The summed E-state index contributed by atoms with van der Waals surface area (Å²) in [5.74, 6) is -0.102. The molecule has 0 aliphatic carbocycles. The van der Waals surface area contributed by atoms with Crippen molar-refractivity contribution >= 4 is 43.5 Å². The van der Waals surface area contributed by atoms with Crippen LogP contribution < -0.4 is 5.32 Å². The number of hydrogen-bond acceptors (Lipinski definition) is 1. The predicted octanol–water partition coefficient (Wildman–Crippen LogP) is 5.08. The highest BCUT2D eigenvalue weighted by atomic mass is 79.9. The van der Waals surface area contributed by atoms with Gasteiger partial charge < -0.3 is 5.32 Å². The molecule has 2 nitrogen and oxygen atoms in total. The molecule has 0 atom stereocenters. The number of rotatable bonds is 2. The minimum Gasteiger partial charge on any atom is -0.322 e. The van der Waals surface area contributed by atoms with E-state index < -0.39 is 0 Å². The molecule has 2 aromatic rings. The minimum atomic E-state index is -0.102. The Balaban J connectivity index is 2.29. The second-order valence-corrected chi connectivity index (χ2v) is 6.21. The largest absolute Gasteiger partial charge is 0.322 e. The van der Waals surface area contributed by atoms with Crippen molar-refractivity contribution in [1.82, 2.24) is 0 Å². The summed E-state index contributed by atoms with van der Waals surface area (Å²) in [5, 5.41) is 2.97. The van der Waals surface area contributed by atoms with Gasteiger partial charge in [-0.25, -0.2) is 0 Å². The zero-order valence-electron chi connectivity index (χ0n) is 10.6. The molecular formula is C15H13Br2NO. The fourth-order valence-corrected chi connectivity index (χ4v) is 3.01. The van der Waals surface area contributed by atoms with E-state index in [-0.39, 0.29) is 5.91 Å². The quantitative estimate of drug-likeness (QED) is 0.770. The van der Waals surface area contributed by atoms with E-state index in [0.29, 0.717) is 5.56 Å². The first-order chi connectivity index (χ1) is 8.97.